The maximum atomic E-state index is 13.0. The van der Waals surface area contributed by atoms with Crippen LogP contribution in [-0.2, 0) is 6.42 Å². The van der Waals surface area contributed by atoms with Crippen LogP contribution >= 0.6 is 0 Å². The van der Waals surface area contributed by atoms with Crippen LogP contribution in [-0.4, -0.2) is 0 Å². The molecule has 0 heterocycles. The Hall–Kier alpha value is -1.05. The minimum atomic E-state index is -0.188. The minimum absolute atomic E-state index is 0.188. The van der Waals surface area contributed by atoms with Gasteiger partial charge in [0.1, 0.15) is 5.82 Å². The Morgan fingerprint density at radius 1 is 1.45 bits per heavy atom. The minimum Gasteiger partial charge on any atom is -0.398 e. The van der Waals surface area contributed by atoms with Gasteiger partial charge in [-0.3, -0.25) is 0 Å². The largest absolute Gasteiger partial charge is 0.398 e. The normalized spacial score (nSPS) is 10.0. The van der Waals surface area contributed by atoms with E-state index in [-0.39, 0.29) is 5.82 Å². The molecule has 11 heavy (non-hydrogen) atoms. The smallest absolute Gasteiger partial charge is 0.128 e. The van der Waals surface area contributed by atoms with Crippen LogP contribution in [0.3, 0.4) is 0 Å². The molecule has 0 saturated heterocycles. The van der Waals surface area contributed by atoms with Crippen molar-refractivity contribution in [1.82, 2.24) is 0 Å². The molecule has 1 rings (SSSR count). The molecule has 0 saturated carbocycles. The molecule has 1 nitrogen and oxygen atoms in total. The first kappa shape index (κ1) is 8.05. The Labute approximate surface area is 66.0 Å². The predicted molar refractivity (Wildman–Crippen MR) is 44.8 cm³/mol. The van der Waals surface area contributed by atoms with Crippen molar-refractivity contribution in [3.8, 4) is 0 Å². The van der Waals surface area contributed by atoms with Gasteiger partial charge in [0.25, 0.3) is 0 Å². The molecule has 0 aliphatic carbocycles. The summed E-state index contributed by atoms with van der Waals surface area (Å²) < 4.78 is 13.0. The van der Waals surface area contributed by atoms with E-state index in [1.165, 1.54) is 6.07 Å². The van der Waals surface area contributed by atoms with Gasteiger partial charge in [-0.25, -0.2) is 4.39 Å². The van der Waals surface area contributed by atoms with Crippen molar-refractivity contribution in [3.63, 3.8) is 0 Å². The fourth-order valence-electron chi connectivity index (χ4n) is 1.09. The van der Waals surface area contributed by atoms with Crippen molar-refractivity contribution in [2.45, 2.75) is 19.8 Å². The summed E-state index contributed by atoms with van der Waals surface area (Å²) in [5.41, 5.74) is 6.78. The van der Waals surface area contributed by atoms with E-state index in [0.717, 1.165) is 12.8 Å². The van der Waals surface area contributed by atoms with Gasteiger partial charge in [-0.05, 0) is 18.6 Å². The van der Waals surface area contributed by atoms with E-state index in [0.29, 0.717) is 11.3 Å². The highest BCUT2D eigenvalue weighted by atomic mass is 19.1. The van der Waals surface area contributed by atoms with Gasteiger partial charge < -0.3 is 5.73 Å². The van der Waals surface area contributed by atoms with Crippen LogP contribution in [0.5, 0.6) is 0 Å². The SMILES string of the molecule is CCCc1c(N)cccc1F. The zero-order valence-electron chi connectivity index (χ0n) is 6.60. The third kappa shape index (κ3) is 1.70. The van der Waals surface area contributed by atoms with Gasteiger partial charge in [-0.15, -0.1) is 0 Å². The lowest BCUT2D eigenvalue weighted by atomic mass is 10.1. The standard InChI is InChI=1S/C9H12FN/c1-2-4-7-8(10)5-3-6-9(7)11/h3,5-6H,2,4,11H2,1H3. The van der Waals surface area contributed by atoms with Gasteiger partial charge in [-0.2, -0.15) is 0 Å². The quantitative estimate of drug-likeness (QED) is 0.648. The summed E-state index contributed by atoms with van der Waals surface area (Å²) in [6.07, 6.45) is 1.64. The third-order valence-electron chi connectivity index (χ3n) is 1.66. The summed E-state index contributed by atoms with van der Waals surface area (Å²) >= 11 is 0. The molecule has 0 amide bonds. The average Bonchev–Trinajstić information content (AvgIpc) is 1.97. The lowest BCUT2D eigenvalue weighted by Gasteiger charge is -2.03. The van der Waals surface area contributed by atoms with Crippen LogP contribution in [0.15, 0.2) is 18.2 Å². The lowest BCUT2D eigenvalue weighted by molar-refractivity contribution is 0.608. The van der Waals surface area contributed by atoms with E-state index < -0.39 is 0 Å². The first-order valence-corrected chi connectivity index (χ1v) is 3.78. The molecule has 0 aliphatic heterocycles. The highest BCUT2D eigenvalue weighted by molar-refractivity contribution is 5.47. The first-order chi connectivity index (χ1) is 5.25. The number of halogens is 1. The van der Waals surface area contributed by atoms with Gasteiger partial charge >= 0.3 is 0 Å². The molecule has 0 radical (unpaired) electrons. The van der Waals surface area contributed by atoms with Gasteiger partial charge in [-0.1, -0.05) is 19.4 Å². The summed E-state index contributed by atoms with van der Waals surface area (Å²) in [6, 6.07) is 4.80. The number of hydrogen-bond acceptors (Lipinski definition) is 1. The van der Waals surface area contributed by atoms with Crippen LogP contribution < -0.4 is 5.73 Å². The summed E-state index contributed by atoms with van der Waals surface area (Å²) in [7, 11) is 0. The van der Waals surface area contributed by atoms with Crippen LogP contribution in [0.25, 0.3) is 0 Å². The second-order valence-electron chi connectivity index (χ2n) is 2.56. The van der Waals surface area contributed by atoms with E-state index in [2.05, 4.69) is 0 Å². The van der Waals surface area contributed by atoms with E-state index in [4.69, 9.17) is 5.73 Å². The highest BCUT2D eigenvalue weighted by Crippen LogP contribution is 2.16. The summed E-state index contributed by atoms with van der Waals surface area (Å²) in [5, 5.41) is 0. The van der Waals surface area contributed by atoms with Crippen molar-refractivity contribution in [1.29, 1.82) is 0 Å². The van der Waals surface area contributed by atoms with Crippen molar-refractivity contribution in [3.05, 3.63) is 29.6 Å². The summed E-state index contributed by atoms with van der Waals surface area (Å²) in [6.45, 7) is 2.01. The average molecular weight is 153 g/mol. The van der Waals surface area contributed by atoms with Crippen LogP contribution in [0.4, 0.5) is 10.1 Å². The zero-order chi connectivity index (χ0) is 8.27. The molecule has 2 N–H and O–H groups in total. The number of benzene rings is 1. The zero-order valence-corrected chi connectivity index (χ0v) is 6.60. The number of nitrogen functional groups attached to an aromatic ring is 1. The second-order valence-corrected chi connectivity index (χ2v) is 2.56. The molecular formula is C9H12FN. The van der Waals surface area contributed by atoms with Crippen LogP contribution in [0, 0.1) is 5.82 Å². The Bertz CT molecular complexity index is 225. The Kier molecular flexibility index (Phi) is 2.47. The van der Waals surface area contributed by atoms with E-state index in [1.54, 1.807) is 12.1 Å². The highest BCUT2D eigenvalue weighted by Gasteiger charge is 2.02. The second kappa shape index (κ2) is 3.37. The van der Waals surface area contributed by atoms with E-state index in [9.17, 15) is 4.39 Å². The number of hydrogen-bond donors (Lipinski definition) is 1. The van der Waals surface area contributed by atoms with Crippen molar-refractivity contribution in [2.24, 2.45) is 0 Å². The third-order valence-corrected chi connectivity index (χ3v) is 1.66. The Balaban J connectivity index is 3.00. The molecule has 2 heteroatoms. The van der Waals surface area contributed by atoms with Crippen molar-refractivity contribution < 1.29 is 4.39 Å². The molecule has 0 spiro atoms. The van der Waals surface area contributed by atoms with Gasteiger partial charge in [0.05, 0.1) is 0 Å². The summed E-state index contributed by atoms with van der Waals surface area (Å²) in [4.78, 5) is 0. The predicted octanol–water partition coefficient (Wildman–Crippen LogP) is 2.36. The summed E-state index contributed by atoms with van der Waals surface area (Å²) in [5.74, 6) is -0.188. The number of anilines is 1. The Morgan fingerprint density at radius 3 is 2.73 bits per heavy atom. The van der Waals surface area contributed by atoms with Gasteiger partial charge in [0, 0.05) is 11.3 Å². The molecule has 1 aromatic carbocycles. The topological polar surface area (TPSA) is 26.0 Å². The van der Waals surface area contributed by atoms with E-state index in [1.807, 2.05) is 6.92 Å². The van der Waals surface area contributed by atoms with Gasteiger partial charge in [0.2, 0.25) is 0 Å². The molecule has 1 aromatic rings. The Morgan fingerprint density at radius 2 is 2.18 bits per heavy atom. The van der Waals surface area contributed by atoms with Crippen LogP contribution in [0.2, 0.25) is 0 Å². The van der Waals surface area contributed by atoms with Crippen LogP contribution in [0.1, 0.15) is 18.9 Å². The fraction of sp³-hybridized carbons (Fsp3) is 0.333. The molecule has 0 aliphatic rings. The maximum absolute atomic E-state index is 13.0. The molecule has 60 valence electrons. The molecule has 0 bridgehead atoms. The molecule has 0 fully saturated rings. The van der Waals surface area contributed by atoms with Gasteiger partial charge in [0.15, 0.2) is 0 Å². The molecule has 0 unspecified atom stereocenters. The lowest BCUT2D eigenvalue weighted by Crippen LogP contribution is -1.96. The van der Waals surface area contributed by atoms with Crippen molar-refractivity contribution in [2.75, 3.05) is 5.73 Å². The maximum Gasteiger partial charge on any atom is 0.128 e. The van der Waals surface area contributed by atoms with Crippen molar-refractivity contribution >= 4 is 5.69 Å². The molecule has 0 aromatic heterocycles. The van der Waals surface area contributed by atoms with E-state index >= 15 is 0 Å². The first-order valence-electron chi connectivity index (χ1n) is 3.78. The monoisotopic (exact) mass is 153 g/mol. The number of rotatable bonds is 2. The fourth-order valence-corrected chi connectivity index (χ4v) is 1.09. The molecular weight excluding hydrogens is 141 g/mol. The molecule has 0 atom stereocenters. The number of nitrogens with two attached hydrogens (primary N) is 1.